The van der Waals surface area contributed by atoms with Crippen LogP contribution in [-0.2, 0) is 6.42 Å². The van der Waals surface area contributed by atoms with E-state index in [-0.39, 0.29) is 0 Å². The lowest BCUT2D eigenvalue weighted by molar-refractivity contribution is 0.314. The lowest BCUT2D eigenvalue weighted by atomic mass is 9.83. The summed E-state index contributed by atoms with van der Waals surface area (Å²) in [4.78, 5) is 0. The Morgan fingerprint density at radius 3 is 2.00 bits per heavy atom. The lowest BCUT2D eigenvalue weighted by Gasteiger charge is -2.23. The fourth-order valence-corrected chi connectivity index (χ4v) is 3.80. The van der Waals surface area contributed by atoms with Crippen molar-refractivity contribution in [2.45, 2.75) is 119 Å². The maximum absolute atomic E-state index is 2.47. The van der Waals surface area contributed by atoms with E-state index in [0.717, 1.165) is 17.8 Å². The minimum atomic E-state index is 0.709. The van der Waals surface area contributed by atoms with E-state index in [1.54, 1.807) is 11.1 Å². The molecule has 0 spiro atoms. The highest BCUT2D eigenvalue weighted by atomic mass is 14.2. The number of hydrogen-bond donors (Lipinski definition) is 0. The third kappa shape index (κ3) is 11.0. The lowest BCUT2D eigenvalue weighted by Crippen LogP contribution is -2.11. The molecule has 158 valence electrons. The molecule has 1 rings (SSSR count). The number of aryl methyl sites for hydroxylation is 1. The van der Waals surface area contributed by atoms with Crippen molar-refractivity contribution in [1.29, 1.82) is 0 Å². The van der Waals surface area contributed by atoms with E-state index < -0.39 is 0 Å². The van der Waals surface area contributed by atoms with Crippen LogP contribution in [0, 0.1) is 17.8 Å². The van der Waals surface area contributed by atoms with Crippen LogP contribution in [0.4, 0.5) is 0 Å². The molecule has 0 aromatic heterocycles. The first kappa shape index (κ1) is 26.2. The molecule has 0 aliphatic carbocycles. The monoisotopic (exact) mass is 374 g/mol. The first-order valence-electron chi connectivity index (χ1n) is 12.1. The average molecular weight is 375 g/mol. The quantitative estimate of drug-likeness (QED) is 0.301. The van der Waals surface area contributed by atoms with Crippen molar-refractivity contribution in [3.8, 4) is 0 Å². The molecule has 0 bridgehead atoms. The van der Waals surface area contributed by atoms with Crippen molar-refractivity contribution in [2.24, 2.45) is 17.8 Å². The molecule has 4 atom stereocenters. The molecule has 0 heterocycles. The number of hydrogen-bond acceptors (Lipinski definition) is 0. The van der Waals surface area contributed by atoms with Crippen LogP contribution in [0.1, 0.15) is 124 Å². The molecule has 0 amide bonds. The van der Waals surface area contributed by atoms with Gasteiger partial charge in [-0.2, -0.15) is 0 Å². The van der Waals surface area contributed by atoms with Gasteiger partial charge in [-0.15, -0.1) is 0 Å². The van der Waals surface area contributed by atoms with E-state index in [0.29, 0.717) is 5.92 Å². The Bertz CT molecular complexity index is 447. The summed E-state index contributed by atoms with van der Waals surface area (Å²) in [6.07, 6.45) is 12.1. The summed E-state index contributed by atoms with van der Waals surface area (Å²) in [6.45, 7) is 18.4. The molecule has 0 heteroatoms. The first-order chi connectivity index (χ1) is 13.0. The third-order valence-electron chi connectivity index (χ3n) is 6.48. The summed E-state index contributed by atoms with van der Waals surface area (Å²) in [5.41, 5.74) is 3.21. The molecule has 0 aliphatic heterocycles. The average Bonchev–Trinajstić information content (AvgIpc) is 2.71. The van der Waals surface area contributed by atoms with Crippen LogP contribution in [0.2, 0.25) is 0 Å². The maximum atomic E-state index is 2.47. The molecule has 1 aromatic rings. The Kier molecular flexibility index (Phi) is 15.7. The van der Waals surface area contributed by atoms with Crippen molar-refractivity contribution in [3.63, 3.8) is 0 Å². The zero-order valence-corrected chi connectivity index (χ0v) is 20.0. The SMILES string of the molecule is CC.CCCCCC(C)c1ccccc1CCC(C)C(C)CCC(C)CC. The molecule has 0 nitrogen and oxygen atoms in total. The van der Waals surface area contributed by atoms with Crippen LogP contribution in [-0.4, -0.2) is 0 Å². The third-order valence-corrected chi connectivity index (χ3v) is 6.48. The molecular weight excluding hydrogens is 324 g/mol. The van der Waals surface area contributed by atoms with Gasteiger partial charge in [0, 0.05) is 0 Å². The fourth-order valence-electron chi connectivity index (χ4n) is 3.80. The van der Waals surface area contributed by atoms with E-state index in [2.05, 4.69) is 65.8 Å². The molecule has 0 saturated carbocycles. The van der Waals surface area contributed by atoms with Crippen LogP contribution >= 0.6 is 0 Å². The van der Waals surface area contributed by atoms with Crippen molar-refractivity contribution in [2.75, 3.05) is 0 Å². The molecule has 0 fully saturated rings. The van der Waals surface area contributed by atoms with E-state index >= 15 is 0 Å². The minimum Gasteiger partial charge on any atom is -0.0683 e. The van der Waals surface area contributed by atoms with Gasteiger partial charge in [-0.05, 0) is 54.1 Å². The Hall–Kier alpha value is -0.780. The molecule has 4 unspecified atom stereocenters. The summed E-state index contributed by atoms with van der Waals surface area (Å²) >= 11 is 0. The molecule has 0 radical (unpaired) electrons. The fraction of sp³-hybridized carbons (Fsp3) is 0.778. The van der Waals surface area contributed by atoms with Gasteiger partial charge in [0.05, 0.1) is 0 Å². The van der Waals surface area contributed by atoms with Crippen LogP contribution in [0.25, 0.3) is 0 Å². The summed E-state index contributed by atoms with van der Waals surface area (Å²) in [5, 5.41) is 0. The molecule has 27 heavy (non-hydrogen) atoms. The zero-order valence-electron chi connectivity index (χ0n) is 20.0. The van der Waals surface area contributed by atoms with Gasteiger partial charge in [-0.3, -0.25) is 0 Å². The van der Waals surface area contributed by atoms with Crippen LogP contribution in [0.15, 0.2) is 24.3 Å². The van der Waals surface area contributed by atoms with E-state index in [1.807, 2.05) is 13.8 Å². The molecule has 0 saturated heterocycles. The van der Waals surface area contributed by atoms with Crippen molar-refractivity contribution >= 4 is 0 Å². The van der Waals surface area contributed by atoms with Gasteiger partial charge in [0.2, 0.25) is 0 Å². The highest BCUT2D eigenvalue weighted by Crippen LogP contribution is 2.29. The Labute approximate surface area is 172 Å². The number of benzene rings is 1. The number of rotatable bonds is 13. The molecular formula is C27H50. The number of unbranched alkanes of at least 4 members (excludes halogenated alkanes) is 2. The standard InChI is InChI=1S/C25H44.C2H6/c1-7-9-10-13-23(6)25-15-12-11-14-24(25)19-18-22(5)21(4)17-16-20(3)8-2;1-2/h11-12,14-15,20-23H,7-10,13,16-19H2,1-6H3;1-2H3. The Balaban J connectivity index is 0.00000326. The summed E-state index contributed by atoms with van der Waals surface area (Å²) in [7, 11) is 0. The van der Waals surface area contributed by atoms with Gasteiger partial charge in [-0.1, -0.05) is 118 Å². The van der Waals surface area contributed by atoms with E-state index in [4.69, 9.17) is 0 Å². The second-order valence-corrected chi connectivity index (χ2v) is 8.68. The second-order valence-electron chi connectivity index (χ2n) is 8.68. The first-order valence-corrected chi connectivity index (χ1v) is 12.1. The zero-order chi connectivity index (χ0) is 20.7. The predicted octanol–water partition coefficient (Wildman–Crippen LogP) is 9.43. The summed E-state index contributed by atoms with van der Waals surface area (Å²) < 4.78 is 0. The van der Waals surface area contributed by atoms with Gasteiger partial charge in [0.15, 0.2) is 0 Å². The summed E-state index contributed by atoms with van der Waals surface area (Å²) in [6, 6.07) is 9.22. The molecule has 0 N–H and O–H groups in total. The topological polar surface area (TPSA) is 0 Å². The molecule has 1 aromatic carbocycles. The van der Waals surface area contributed by atoms with Gasteiger partial charge in [-0.25, -0.2) is 0 Å². The van der Waals surface area contributed by atoms with E-state index in [1.165, 1.54) is 57.8 Å². The molecule has 0 aliphatic rings. The summed E-state index contributed by atoms with van der Waals surface area (Å²) in [5.74, 6) is 3.27. The highest BCUT2D eigenvalue weighted by molar-refractivity contribution is 5.30. The Morgan fingerprint density at radius 2 is 1.37 bits per heavy atom. The van der Waals surface area contributed by atoms with Gasteiger partial charge >= 0.3 is 0 Å². The van der Waals surface area contributed by atoms with Crippen molar-refractivity contribution in [3.05, 3.63) is 35.4 Å². The van der Waals surface area contributed by atoms with Crippen LogP contribution in [0.3, 0.4) is 0 Å². The maximum Gasteiger partial charge on any atom is -0.0188 e. The normalized spacial score (nSPS) is 15.4. The predicted molar refractivity (Wildman–Crippen MR) is 126 cm³/mol. The van der Waals surface area contributed by atoms with Crippen LogP contribution < -0.4 is 0 Å². The van der Waals surface area contributed by atoms with Gasteiger partial charge in [0.25, 0.3) is 0 Å². The Morgan fingerprint density at radius 1 is 0.741 bits per heavy atom. The van der Waals surface area contributed by atoms with Gasteiger partial charge in [0.1, 0.15) is 0 Å². The minimum absolute atomic E-state index is 0.709. The van der Waals surface area contributed by atoms with Crippen molar-refractivity contribution < 1.29 is 0 Å². The smallest absolute Gasteiger partial charge is 0.0188 e. The van der Waals surface area contributed by atoms with Crippen molar-refractivity contribution in [1.82, 2.24) is 0 Å². The van der Waals surface area contributed by atoms with Gasteiger partial charge < -0.3 is 0 Å². The van der Waals surface area contributed by atoms with E-state index in [9.17, 15) is 0 Å². The largest absolute Gasteiger partial charge is 0.0683 e. The highest BCUT2D eigenvalue weighted by Gasteiger charge is 2.15. The second kappa shape index (κ2) is 16.2. The van der Waals surface area contributed by atoms with Crippen LogP contribution in [0.5, 0.6) is 0 Å².